The Kier molecular flexibility index (Phi) is 8.31. The first kappa shape index (κ1) is 17.0. The van der Waals surface area contributed by atoms with Crippen molar-refractivity contribution in [3.63, 3.8) is 0 Å². The van der Waals surface area contributed by atoms with Crippen LogP contribution in [0.25, 0.3) is 0 Å². The van der Waals surface area contributed by atoms with Gasteiger partial charge in [0.15, 0.2) is 0 Å². The predicted octanol–water partition coefficient (Wildman–Crippen LogP) is 4.11. The molecule has 0 amide bonds. The number of hydrogen-bond acceptors (Lipinski definition) is 3. The highest BCUT2D eigenvalue weighted by Gasteiger charge is 2.07. The average Bonchev–Trinajstić information content (AvgIpc) is 2.43. The van der Waals surface area contributed by atoms with E-state index >= 15 is 0 Å². The summed E-state index contributed by atoms with van der Waals surface area (Å²) in [5.41, 5.74) is 1.13. The summed E-state index contributed by atoms with van der Waals surface area (Å²) in [6, 6.07) is 8.13. The summed E-state index contributed by atoms with van der Waals surface area (Å²) in [7, 11) is 0. The zero-order valence-corrected chi connectivity index (χ0v) is 13.1. The van der Waals surface area contributed by atoms with Crippen molar-refractivity contribution in [3.8, 4) is 0 Å². The van der Waals surface area contributed by atoms with E-state index in [1.807, 2.05) is 31.2 Å². The van der Waals surface area contributed by atoms with Gasteiger partial charge in [0.2, 0.25) is 0 Å². The maximum absolute atomic E-state index is 11.2. The van der Waals surface area contributed by atoms with E-state index in [1.54, 1.807) is 0 Å². The fraction of sp³-hybridized carbons (Fsp3) is 0.562. The molecule has 0 spiro atoms. The molecule has 0 saturated carbocycles. The number of hydrogen-bond donors (Lipinski definition) is 1. The molecule has 1 aromatic carbocycles. The fourth-order valence-corrected chi connectivity index (χ4v) is 2.36. The first-order valence-electron chi connectivity index (χ1n) is 7.28. The van der Waals surface area contributed by atoms with Crippen LogP contribution in [0.1, 0.15) is 51.1 Å². The van der Waals surface area contributed by atoms with Gasteiger partial charge in [0.25, 0.3) is 0 Å². The molecule has 1 rings (SSSR count). The van der Waals surface area contributed by atoms with Gasteiger partial charge in [-0.2, -0.15) is 0 Å². The van der Waals surface area contributed by atoms with Crippen molar-refractivity contribution in [2.75, 3.05) is 13.2 Å². The lowest BCUT2D eigenvalue weighted by atomic mass is 10.1. The van der Waals surface area contributed by atoms with E-state index in [-0.39, 0.29) is 12.0 Å². The highest BCUT2D eigenvalue weighted by Crippen LogP contribution is 2.21. The number of nitrogens with one attached hydrogen (secondary N) is 1. The van der Waals surface area contributed by atoms with Gasteiger partial charge in [0.1, 0.15) is 0 Å². The summed E-state index contributed by atoms with van der Waals surface area (Å²) in [6.07, 6.45) is 3.49. The van der Waals surface area contributed by atoms with Crippen LogP contribution in [0.4, 0.5) is 0 Å². The number of benzene rings is 1. The van der Waals surface area contributed by atoms with Crippen LogP contribution in [0, 0.1) is 0 Å². The van der Waals surface area contributed by atoms with Crippen LogP contribution >= 0.6 is 11.6 Å². The van der Waals surface area contributed by atoms with Gasteiger partial charge in [0.05, 0.1) is 6.61 Å². The third kappa shape index (κ3) is 6.40. The lowest BCUT2D eigenvalue weighted by Crippen LogP contribution is -2.20. The molecule has 0 radical (unpaired) electrons. The quantitative estimate of drug-likeness (QED) is 0.550. The summed E-state index contributed by atoms with van der Waals surface area (Å²) in [5, 5.41) is 4.25. The molecule has 0 heterocycles. The summed E-state index contributed by atoms with van der Waals surface area (Å²) < 4.78 is 4.89. The zero-order chi connectivity index (χ0) is 14.8. The largest absolute Gasteiger partial charge is 0.466 e. The van der Waals surface area contributed by atoms with Crippen molar-refractivity contribution >= 4 is 17.6 Å². The van der Waals surface area contributed by atoms with Crippen molar-refractivity contribution in [1.29, 1.82) is 0 Å². The molecule has 1 atom stereocenters. The van der Waals surface area contributed by atoms with Crippen LogP contribution in [0.5, 0.6) is 0 Å². The summed E-state index contributed by atoms with van der Waals surface area (Å²) in [6.45, 7) is 5.34. The second-order valence-electron chi connectivity index (χ2n) is 4.81. The van der Waals surface area contributed by atoms with Crippen molar-refractivity contribution in [1.82, 2.24) is 5.32 Å². The molecule has 3 nitrogen and oxygen atoms in total. The minimum atomic E-state index is -0.0927. The first-order valence-corrected chi connectivity index (χ1v) is 7.66. The molecular weight excluding hydrogens is 274 g/mol. The van der Waals surface area contributed by atoms with Crippen LogP contribution < -0.4 is 5.32 Å². The molecule has 112 valence electrons. The third-order valence-electron chi connectivity index (χ3n) is 3.19. The third-order valence-corrected chi connectivity index (χ3v) is 3.53. The second-order valence-corrected chi connectivity index (χ2v) is 5.22. The highest BCUT2D eigenvalue weighted by atomic mass is 35.5. The molecule has 1 N–H and O–H groups in total. The number of carbonyl (C=O) groups excluding carboxylic acids is 1. The monoisotopic (exact) mass is 297 g/mol. The Labute approximate surface area is 126 Å². The van der Waals surface area contributed by atoms with E-state index in [0.717, 1.165) is 36.4 Å². The summed E-state index contributed by atoms with van der Waals surface area (Å²) >= 11 is 6.15. The Morgan fingerprint density at radius 2 is 2.05 bits per heavy atom. The first-order chi connectivity index (χ1) is 9.65. The fourth-order valence-electron chi connectivity index (χ4n) is 2.06. The Hall–Kier alpha value is -1.06. The Morgan fingerprint density at radius 1 is 1.30 bits per heavy atom. The van der Waals surface area contributed by atoms with Crippen molar-refractivity contribution in [3.05, 3.63) is 34.9 Å². The minimum Gasteiger partial charge on any atom is -0.466 e. The lowest BCUT2D eigenvalue weighted by Gasteiger charge is -2.15. The Bertz CT molecular complexity index is 409. The van der Waals surface area contributed by atoms with Gasteiger partial charge in [-0.15, -0.1) is 0 Å². The molecule has 0 fully saturated rings. The zero-order valence-electron chi connectivity index (χ0n) is 12.3. The van der Waals surface area contributed by atoms with Gasteiger partial charge in [0, 0.05) is 17.5 Å². The van der Waals surface area contributed by atoms with Crippen LogP contribution in [0.2, 0.25) is 5.02 Å². The molecule has 4 heteroatoms. The van der Waals surface area contributed by atoms with Gasteiger partial charge >= 0.3 is 5.97 Å². The number of rotatable bonds is 9. The van der Waals surface area contributed by atoms with Crippen LogP contribution in [-0.2, 0) is 9.53 Å². The number of halogens is 1. The van der Waals surface area contributed by atoms with E-state index in [2.05, 4.69) is 12.2 Å². The smallest absolute Gasteiger partial charge is 0.305 e. The highest BCUT2D eigenvalue weighted by molar-refractivity contribution is 6.31. The predicted molar refractivity (Wildman–Crippen MR) is 83.0 cm³/mol. The summed E-state index contributed by atoms with van der Waals surface area (Å²) in [4.78, 5) is 11.2. The van der Waals surface area contributed by atoms with E-state index in [4.69, 9.17) is 16.3 Å². The van der Waals surface area contributed by atoms with Crippen molar-refractivity contribution in [2.24, 2.45) is 0 Å². The Morgan fingerprint density at radius 3 is 2.75 bits per heavy atom. The molecule has 0 unspecified atom stereocenters. The molecule has 0 aliphatic rings. The number of ether oxygens (including phenoxy) is 1. The maximum Gasteiger partial charge on any atom is 0.305 e. The van der Waals surface area contributed by atoms with Crippen molar-refractivity contribution in [2.45, 2.75) is 45.6 Å². The molecule has 0 aliphatic heterocycles. The standard InChI is InChI=1S/C16H24ClNO2/c1-3-20-16(19)11-5-4-8-12-18-13(2)14-9-6-7-10-15(14)17/h6-7,9-10,13,18H,3-5,8,11-12H2,1-2H3/t13-/m0/s1. The molecule has 1 aromatic rings. The van der Waals surface area contributed by atoms with Gasteiger partial charge in [-0.3, -0.25) is 4.79 Å². The molecule has 0 bridgehead atoms. The molecule has 0 aromatic heterocycles. The summed E-state index contributed by atoms with van der Waals surface area (Å²) in [5.74, 6) is -0.0927. The van der Waals surface area contributed by atoms with E-state index in [9.17, 15) is 4.79 Å². The second kappa shape index (κ2) is 9.78. The minimum absolute atomic E-state index is 0.0927. The van der Waals surface area contributed by atoms with Crippen LogP contribution in [0.15, 0.2) is 24.3 Å². The van der Waals surface area contributed by atoms with Gasteiger partial charge in [-0.05, 0) is 44.9 Å². The van der Waals surface area contributed by atoms with Crippen molar-refractivity contribution < 1.29 is 9.53 Å². The van der Waals surface area contributed by atoms with E-state index in [1.165, 1.54) is 0 Å². The number of esters is 1. The lowest BCUT2D eigenvalue weighted by molar-refractivity contribution is -0.143. The van der Waals surface area contributed by atoms with Gasteiger partial charge < -0.3 is 10.1 Å². The molecule has 0 aliphatic carbocycles. The molecule has 20 heavy (non-hydrogen) atoms. The number of unbranched alkanes of at least 4 members (excludes halogenated alkanes) is 2. The van der Waals surface area contributed by atoms with Gasteiger partial charge in [-0.1, -0.05) is 36.2 Å². The van der Waals surface area contributed by atoms with Crippen LogP contribution in [0.3, 0.4) is 0 Å². The molecule has 0 saturated heterocycles. The molecular formula is C16H24ClNO2. The van der Waals surface area contributed by atoms with Crippen LogP contribution in [-0.4, -0.2) is 19.1 Å². The SMILES string of the molecule is CCOC(=O)CCCCCN[C@@H](C)c1ccccc1Cl. The van der Waals surface area contributed by atoms with E-state index in [0.29, 0.717) is 13.0 Å². The average molecular weight is 298 g/mol. The normalized spacial score (nSPS) is 12.2. The Balaban J connectivity index is 2.12. The number of carbonyl (C=O) groups is 1. The maximum atomic E-state index is 11.2. The van der Waals surface area contributed by atoms with E-state index < -0.39 is 0 Å². The topological polar surface area (TPSA) is 38.3 Å². The van der Waals surface area contributed by atoms with Gasteiger partial charge in [-0.25, -0.2) is 0 Å².